The van der Waals surface area contributed by atoms with Crippen LogP contribution in [0, 0.1) is 0 Å². The zero-order chi connectivity index (χ0) is 15.1. The number of carbonyl (C=O) groups is 2. The first-order valence-corrected chi connectivity index (χ1v) is 6.37. The Balaban J connectivity index is 1.96. The highest BCUT2D eigenvalue weighted by Crippen LogP contribution is 2.14. The Bertz CT molecular complexity index is 642. The fourth-order valence-corrected chi connectivity index (χ4v) is 1.70. The molecule has 0 saturated carbocycles. The van der Waals surface area contributed by atoms with Crippen LogP contribution in [0.4, 0.5) is 0 Å². The second-order valence-electron chi connectivity index (χ2n) is 4.33. The average molecular weight is 282 g/mol. The van der Waals surface area contributed by atoms with Crippen LogP contribution in [-0.2, 0) is 11.4 Å². The fraction of sp³-hybridized carbons (Fsp3) is 0.0588. The van der Waals surface area contributed by atoms with E-state index in [-0.39, 0.29) is 5.78 Å². The standard InChI is InChI=1S/C17H14O4/c18-16(10-11-17(19)20)14-6-8-15(9-7-14)21-12-13-4-2-1-3-5-13/h1-11H,12H2,(H,19,20). The second-order valence-corrected chi connectivity index (χ2v) is 4.33. The second kappa shape index (κ2) is 7.05. The van der Waals surface area contributed by atoms with E-state index in [1.54, 1.807) is 24.3 Å². The van der Waals surface area contributed by atoms with E-state index in [1.807, 2.05) is 30.3 Å². The highest BCUT2D eigenvalue weighted by Gasteiger charge is 2.03. The lowest BCUT2D eigenvalue weighted by Gasteiger charge is -2.06. The van der Waals surface area contributed by atoms with E-state index in [0.717, 1.165) is 17.7 Å². The van der Waals surface area contributed by atoms with Crippen LogP contribution in [0.5, 0.6) is 5.75 Å². The molecule has 0 heterocycles. The molecule has 0 spiro atoms. The first-order chi connectivity index (χ1) is 10.1. The van der Waals surface area contributed by atoms with Crippen molar-refractivity contribution in [2.75, 3.05) is 0 Å². The van der Waals surface area contributed by atoms with Gasteiger partial charge >= 0.3 is 5.97 Å². The number of hydrogen-bond donors (Lipinski definition) is 1. The summed E-state index contributed by atoms with van der Waals surface area (Å²) >= 11 is 0. The molecule has 0 unspecified atom stereocenters. The maximum atomic E-state index is 11.6. The first kappa shape index (κ1) is 14.5. The lowest BCUT2D eigenvalue weighted by Crippen LogP contribution is -1.98. The minimum atomic E-state index is -1.15. The number of benzene rings is 2. The van der Waals surface area contributed by atoms with Gasteiger partial charge in [-0.1, -0.05) is 30.3 Å². The summed E-state index contributed by atoms with van der Waals surface area (Å²) in [6.07, 6.45) is 1.85. The molecule has 1 N–H and O–H groups in total. The predicted molar refractivity (Wildman–Crippen MR) is 78.3 cm³/mol. The zero-order valence-corrected chi connectivity index (χ0v) is 11.2. The molecule has 0 aliphatic heterocycles. The number of carboxylic acid groups (broad SMARTS) is 1. The number of ether oxygens (including phenoxy) is 1. The number of ketones is 1. The molecule has 0 amide bonds. The quantitative estimate of drug-likeness (QED) is 0.653. The molecule has 0 fully saturated rings. The molecule has 2 aromatic carbocycles. The van der Waals surface area contributed by atoms with Crippen LogP contribution in [0.25, 0.3) is 0 Å². The van der Waals surface area contributed by atoms with E-state index >= 15 is 0 Å². The number of hydrogen-bond acceptors (Lipinski definition) is 3. The monoisotopic (exact) mass is 282 g/mol. The molecule has 0 saturated heterocycles. The average Bonchev–Trinajstić information content (AvgIpc) is 2.52. The van der Waals surface area contributed by atoms with E-state index in [0.29, 0.717) is 17.9 Å². The van der Waals surface area contributed by atoms with Crippen LogP contribution >= 0.6 is 0 Å². The Hall–Kier alpha value is -2.88. The van der Waals surface area contributed by atoms with E-state index in [4.69, 9.17) is 9.84 Å². The molecule has 0 atom stereocenters. The molecule has 4 nitrogen and oxygen atoms in total. The van der Waals surface area contributed by atoms with Gasteiger partial charge in [0.2, 0.25) is 0 Å². The number of carboxylic acids is 1. The number of carbonyl (C=O) groups excluding carboxylic acids is 1. The van der Waals surface area contributed by atoms with Crippen LogP contribution in [0.3, 0.4) is 0 Å². The van der Waals surface area contributed by atoms with Crippen molar-refractivity contribution >= 4 is 11.8 Å². The lowest BCUT2D eigenvalue weighted by molar-refractivity contribution is -0.131. The third-order valence-corrected chi connectivity index (χ3v) is 2.76. The summed E-state index contributed by atoms with van der Waals surface area (Å²) in [6, 6.07) is 16.3. The van der Waals surface area contributed by atoms with Crippen molar-refractivity contribution in [2.45, 2.75) is 6.61 Å². The van der Waals surface area contributed by atoms with Crippen LogP contribution in [0.1, 0.15) is 15.9 Å². The molecule has 0 radical (unpaired) electrons. The summed E-state index contributed by atoms with van der Waals surface area (Å²) in [5.41, 5.74) is 1.47. The molecular formula is C17H14O4. The van der Waals surface area contributed by atoms with Crippen LogP contribution in [-0.4, -0.2) is 16.9 Å². The highest BCUT2D eigenvalue weighted by molar-refractivity contribution is 6.06. The molecule has 21 heavy (non-hydrogen) atoms. The topological polar surface area (TPSA) is 63.6 Å². The third-order valence-electron chi connectivity index (χ3n) is 2.76. The van der Waals surface area contributed by atoms with Gasteiger partial charge in [0.15, 0.2) is 5.78 Å². The summed E-state index contributed by atoms with van der Waals surface area (Å²) in [6.45, 7) is 0.451. The van der Waals surface area contributed by atoms with Gasteiger partial charge in [0.1, 0.15) is 12.4 Å². The highest BCUT2D eigenvalue weighted by atomic mass is 16.5. The first-order valence-electron chi connectivity index (χ1n) is 6.37. The Morgan fingerprint density at radius 1 is 0.952 bits per heavy atom. The normalized spacial score (nSPS) is 10.5. The van der Waals surface area contributed by atoms with Gasteiger partial charge in [-0.05, 0) is 35.9 Å². The molecule has 0 aliphatic carbocycles. The summed E-state index contributed by atoms with van der Waals surface area (Å²) in [4.78, 5) is 22.0. The Labute approximate surface area is 122 Å². The molecule has 0 aromatic heterocycles. The zero-order valence-electron chi connectivity index (χ0n) is 11.2. The van der Waals surface area contributed by atoms with Crippen molar-refractivity contribution in [3.8, 4) is 5.75 Å². The van der Waals surface area contributed by atoms with Crippen LogP contribution in [0.15, 0.2) is 66.7 Å². The third kappa shape index (κ3) is 4.62. The maximum absolute atomic E-state index is 11.6. The van der Waals surface area contributed by atoms with Gasteiger partial charge in [-0.15, -0.1) is 0 Å². The van der Waals surface area contributed by atoms with E-state index in [1.165, 1.54) is 0 Å². The number of aliphatic carboxylic acids is 1. The van der Waals surface area contributed by atoms with Gasteiger partial charge in [0.05, 0.1) is 0 Å². The van der Waals surface area contributed by atoms with E-state index in [2.05, 4.69) is 0 Å². The van der Waals surface area contributed by atoms with Gasteiger partial charge in [-0.25, -0.2) is 4.79 Å². The maximum Gasteiger partial charge on any atom is 0.328 e. The lowest BCUT2D eigenvalue weighted by atomic mass is 10.1. The predicted octanol–water partition coefficient (Wildman–Crippen LogP) is 3.09. The summed E-state index contributed by atoms with van der Waals surface area (Å²) in [5, 5.41) is 8.47. The molecule has 0 bridgehead atoms. The van der Waals surface area contributed by atoms with Gasteiger partial charge in [0, 0.05) is 11.6 Å². The van der Waals surface area contributed by atoms with Crippen molar-refractivity contribution < 1.29 is 19.4 Å². The van der Waals surface area contributed by atoms with E-state index < -0.39 is 5.97 Å². The summed E-state index contributed by atoms with van der Waals surface area (Å²) in [7, 11) is 0. The van der Waals surface area contributed by atoms with Crippen LogP contribution < -0.4 is 4.74 Å². The minimum absolute atomic E-state index is 0.355. The Morgan fingerprint density at radius 2 is 1.62 bits per heavy atom. The van der Waals surface area contributed by atoms with Crippen molar-refractivity contribution in [1.82, 2.24) is 0 Å². The molecule has 2 aromatic rings. The minimum Gasteiger partial charge on any atom is -0.489 e. The number of allylic oxidation sites excluding steroid dienone is 1. The largest absolute Gasteiger partial charge is 0.489 e. The van der Waals surface area contributed by atoms with Crippen molar-refractivity contribution in [1.29, 1.82) is 0 Å². The van der Waals surface area contributed by atoms with Crippen molar-refractivity contribution in [3.63, 3.8) is 0 Å². The van der Waals surface area contributed by atoms with Gasteiger partial charge < -0.3 is 9.84 Å². The summed E-state index contributed by atoms with van der Waals surface area (Å²) in [5.74, 6) is -0.851. The Kier molecular flexibility index (Phi) is 4.88. The molecule has 4 heteroatoms. The SMILES string of the molecule is O=C(O)C=CC(=O)c1ccc(OCc2ccccc2)cc1. The van der Waals surface area contributed by atoms with Gasteiger partial charge in [0.25, 0.3) is 0 Å². The van der Waals surface area contributed by atoms with Crippen LogP contribution in [0.2, 0.25) is 0 Å². The molecule has 2 rings (SSSR count). The van der Waals surface area contributed by atoms with Crippen molar-refractivity contribution in [2.24, 2.45) is 0 Å². The molecule has 106 valence electrons. The Morgan fingerprint density at radius 3 is 2.24 bits per heavy atom. The van der Waals surface area contributed by atoms with Gasteiger partial charge in [-0.2, -0.15) is 0 Å². The molecular weight excluding hydrogens is 268 g/mol. The van der Waals surface area contributed by atoms with Crippen molar-refractivity contribution in [3.05, 3.63) is 77.9 Å². The fourth-order valence-electron chi connectivity index (χ4n) is 1.70. The summed E-state index contributed by atoms with van der Waals surface area (Å²) < 4.78 is 5.60. The molecule has 0 aliphatic rings. The smallest absolute Gasteiger partial charge is 0.328 e. The number of rotatable bonds is 6. The van der Waals surface area contributed by atoms with Gasteiger partial charge in [-0.3, -0.25) is 4.79 Å². The van der Waals surface area contributed by atoms with E-state index in [9.17, 15) is 9.59 Å².